The largest absolute Gasteiger partial charge is 0.489 e. The number of hydrogen-bond acceptors (Lipinski definition) is 5. The van der Waals surface area contributed by atoms with Gasteiger partial charge in [-0.25, -0.2) is 4.79 Å². The van der Waals surface area contributed by atoms with Crippen LogP contribution in [0.15, 0.2) is 18.2 Å². The molecule has 0 spiro atoms. The second-order valence-electron chi connectivity index (χ2n) is 5.02. The summed E-state index contributed by atoms with van der Waals surface area (Å²) in [5, 5.41) is 0. The van der Waals surface area contributed by atoms with Crippen molar-refractivity contribution in [3.63, 3.8) is 0 Å². The third-order valence-corrected chi connectivity index (χ3v) is 2.35. The Morgan fingerprint density at radius 3 is 2.53 bits per heavy atom. The van der Waals surface area contributed by atoms with E-state index in [-0.39, 0.29) is 11.3 Å². The Balaban J connectivity index is 2.62. The molecule has 1 aromatic carbocycles. The zero-order valence-corrected chi connectivity index (χ0v) is 11.9. The highest BCUT2D eigenvalue weighted by Gasteiger charge is 2.14. The minimum absolute atomic E-state index is 0.206. The highest BCUT2D eigenvalue weighted by atomic mass is 16.5. The lowest BCUT2D eigenvalue weighted by atomic mass is 10.1. The van der Waals surface area contributed by atoms with Gasteiger partial charge in [0.2, 0.25) is 0 Å². The fraction of sp³-hybridized carbons (Fsp3) is 0.500. The first-order chi connectivity index (χ1) is 8.85. The van der Waals surface area contributed by atoms with E-state index in [0.717, 1.165) is 0 Å². The molecule has 0 saturated carbocycles. The minimum Gasteiger partial charge on any atom is -0.489 e. The van der Waals surface area contributed by atoms with Crippen LogP contribution in [0, 0.1) is 0 Å². The van der Waals surface area contributed by atoms with Crippen LogP contribution >= 0.6 is 0 Å². The number of nitrogens with two attached hydrogens (primary N) is 1. The molecule has 0 fully saturated rings. The van der Waals surface area contributed by atoms with E-state index in [1.54, 1.807) is 18.2 Å². The van der Waals surface area contributed by atoms with Crippen LogP contribution in [0.2, 0.25) is 0 Å². The van der Waals surface area contributed by atoms with Crippen molar-refractivity contribution in [1.29, 1.82) is 0 Å². The van der Waals surface area contributed by atoms with E-state index in [4.69, 9.17) is 15.2 Å². The second kappa shape index (κ2) is 6.43. The number of hydrogen-bond donors (Lipinski definition) is 1. The lowest BCUT2D eigenvalue weighted by molar-refractivity contribution is -0.0162. The molecule has 0 radical (unpaired) electrons. The Kier molecular flexibility index (Phi) is 5.18. The molecule has 2 N–H and O–H groups in total. The number of rotatable bonds is 5. The zero-order valence-electron chi connectivity index (χ0n) is 11.9. The van der Waals surface area contributed by atoms with Gasteiger partial charge in [0, 0.05) is 0 Å². The standard InChI is InChI=1S/C14H21NO4/c1-14(2,3)19-9-8-18-11-7-5-6-10(12(11)15)13(16)17-4/h5-7H,8-9,15H2,1-4H3. The monoisotopic (exact) mass is 267 g/mol. The molecular formula is C14H21NO4. The highest BCUT2D eigenvalue weighted by molar-refractivity contribution is 5.96. The van der Waals surface area contributed by atoms with Crippen LogP contribution in [0.5, 0.6) is 5.75 Å². The molecule has 5 nitrogen and oxygen atoms in total. The van der Waals surface area contributed by atoms with Crippen LogP contribution in [0.3, 0.4) is 0 Å². The molecule has 1 rings (SSSR count). The molecule has 0 amide bonds. The molecule has 19 heavy (non-hydrogen) atoms. The van der Waals surface area contributed by atoms with Crippen molar-refractivity contribution in [2.24, 2.45) is 0 Å². The lowest BCUT2D eigenvalue weighted by Crippen LogP contribution is -2.22. The number of esters is 1. The van der Waals surface area contributed by atoms with Crippen molar-refractivity contribution in [3.05, 3.63) is 23.8 Å². The molecule has 0 aliphatic rings. The van der Waals surface area contributed by atoms with Gasteiger partial charge in [-0.1, -0.05) is 6.07 Å². The van der Waals surface area contributed by atoms with E-state index in [1.807, 2.05) is 20.8 Å². The normalized spacial score (nSPS) is 11.2. The number of nitrogen functional groups attached to an aromatic ring is 1. The molecule has 0 aromatic heterocycles. The summed E-state index contributed by atoms with van der Waals surface area (Å²) in [6, 6.07) is 5.00. The second-order valence-corrected chi connectivity index (χ2v) is 5.02. The third-order valence-electron chi connectivity index (χ3n) is 2.35. The Morgan fingerprint density at radius 1 is 1.26 bits per heavy atom. The van der Waals surface area contributed by atoms with Crippen molar-refractivity contribution in [3.8, 4) is 5.75 Å². The molecular weight excluding hydrogens is 246 g/mol. The molecule has 0 heterocycles. The summed E-state index contributed by atoms with van der Waals surface area (Å²) in [6.07, 6.45) is 0. The summed E-state index contributed by atoms with van der Waals surface area (Å²) in [7, 11) is 1.31. The lowest BCUT2D eigenvalue weighted by Gasteiger charge is -2.19. The van der Waals surface area contributed by atoms with E-state index in [2.05, 4.69) is 4.74 Å². The van der Waals surface area contributed by atoms with E-state index in [0.29, 0.717) is 24.5 Å². The maximum atomic E-state index is 11.5. The van der Waals surface area contributed by atoms with Gasteiger partial charge in [0.15, 0.2) is 0 Å². The summed E-state index contributed by atoms with van der Waals surface area (Å²) in [6.45, 7) is 6.73. The SMILES string of the molecule is COC(=O)c1cccc(OCCOC(C)(C)C)c1N. The number of anilines is 1. The molecule has 0 atom stereocenters. The Hall–Kier alpha value is -1.75. The number of carbonyl (C=O) groups excluding carboxylic acids is 1. The number of carbonyl (C=O) groups is 1. The quantitative estimate of drug-likeness (QED) is 0.503. The minimum atomic E-state index is -0.478. The van der Waals surface area contributed by atoms with Crippen LogP contribution in [-0.2, 0) is 9.47 Å². The molecule has 0 aliphatic heterocycles. The van der Waals surface area contributed by atoms with Crippen LogP contribution in [0.4, 0.5) is 5.69 Å². The molecule has 0 aliphatic carbocycles. The van der Waals surface area contributed by atoms with Crippen molar-refractivity contribution in [2.45, 2.75) is 26.4 Å². The molecule has 0 saturated heterocycles. The van der Waals surface area contributed by atoms with E-state index in [1.165, 1.54) is 7.11 Å². The van der Waals surface area contributed by atoms with Gasteiger partial charge in [-0.2, -0.15) is 0 Å². The summed E-state index contributed by atoms with van der Waals surface area (Å²) in [5.41, 5.74) is 6.24. The van der Waals surface area contributed by atoms with Gasteiger partial charge in [0.05, 0.1) is 30.6 Å². The number of para-hydroxylation sites is 1. The summed E-state index contributed by atoms with van der Waals surface area (Å²) in [5.74, 6) is -0.0192. The van der Waals surface area contributed by atoms with Crippen LogP contribution in [-0.4, -0.2) is 31.9 Å². The number of ether oxygens (including phenoxy) is 3. The highest BCUT2D eigenvalue weighted by Crippen LogP contribution is 2.25. The first kappa shape index (κ1) is 15.3. The Labute approximate surface area is 113 Å². The Bertz CT molecular complexity index is 438. The van der Waals surface area contributed by atoms with E-state index in [9.17, 15) is 4.79 Å². The van der Waals surface area contributed by atoms with Crippen molar-refractivity contribution in [1.82, 2.24) is 0 Å². The topological polar surface area (TPSA) is 70.8 Å². The number of benzene rings is 1. The van der Waals surface area contributed by atoms with Crippen LogP contribution in [0.25, 0.3) is 0 Å². The molecule has 0 bridgehead atoms. The van der Waals surface area contributed by atoms with Gasteiger partial charge in [0.1, 0.15) is 12.4 Å². The fourth-order valence-corrected chi connectivity index (χ4v) is 1.46. The summed E-state index contributed by atoms with van der Waals surface area (Å²) >= 11 is 0. The number of methoxy groups -OCH3 is 1. The van der Waals surface area contributed by atoms with Gasteiger partial charge in [-0.3, -0.25) is 0 Å². The van der Waals surface area contributed by atoms with Crippen molar-refractivity contribution >= 4 is 11.7 Å². The van der Waals surface area contributed by atoms with Gasteiger partial charge in [0.25, 0.3) is 0 Å². The third kappa shape index (κ3) is 4.79. The molecule has 106 valence electrons. The first-order valence-corrected chi connectivity index (χ1v) is 6.08. The van der Waals surface area contributed by atoms with Crippen LogP contribution in [0.1, 0.15) is 31.1 Å². The maximum absolute atomic E-state index is 11.5. The predicted octanol–water partition coefficient (Wildman–Crippen LogP) is 2.25. The molecule has 5 heteroatoms. The predicted molar refractivity (Wildman–Crippen MR) is 73.4 cm³/mol. The van der Waals surface area contributed by atoms with Crippen LogP contribution < -0.4 is 10.5 Å². The average Bonchev–Trinajstić information content (AvgIpc) is 2.34. The average molecular weight is 267 g/mol. The van der Waals surface area contributed by atoms with E-state index < -0.39 is 5.97 Å². The smallest absolute Gasteiger partial charge is 0.340 e. The van der Waals surface area contributed by atoms with Gasteiger partial charge >= 0.3 is 5.97 Å². The molecule has 1 aromatic rings. The summed E-state index contributed by atoms with van der Waals surface area (Å²) < 4.78 is 15.7. The first-order valence-electron chi connectivity index (χ1n) is 6.08. The van der Waals surface area contributed by atoms with Gasteiger partial charge in [-0.05, 0) is 32.9 Å². The summed E-state index contributed by atoms with van der Waals surface area (Å²) in [4.78, 5) is 11.5. The van der Waals surface area contributed by atoms with Crippen molar-refractivity contribution in [2.75, 3.05) is 26.1 Å². The van der Waals surface area contributed by atoms with Gasteiger partial charge < -0.3 is 19.9 Å². The Morgan fingerprint density at radius 2 is 1.95 bits per heavy atom. The van der Waals surface area contributed by atoms with Gasteiger partial charge in [-0.15, -0.1) is 0 Å². The maximum Gasteiger partial charge on any atom is 0.340 e. The fourth-order valence-electron chi connectivity index (χ4n) is 1.46. The van der Waals surface area contributed by atoms with Crippen molar-refractivity contribution < 1.29 is 19.0 Å². The van der Waals surface area contributed by atoms with E-state index >= 15 is 0 Å². The molecule has 0 unspecified atom stereocenters. The zero-order chi connectivity index (χ0) is 14.5.